The SMILES string of the molecule is CNC(=O)N(C)C(=O)Nc1ccc(Cl)cc1. The molecule has 0 aliphatic heterocycles. The van der Waals surface area contributed by atoms with E-state index >= 15 is 0 Å². The number of urea groups is 2. The molecule has 0 heterocycles. The first kappa shape index (κ1) is 12.3. The lowest BCUT2D eigenvalue weighted by molar-refractivity contribution is 0.203. The molecule has 5 nitrogen and oxygen atoms in total. The van der Waals surface area contributed by atoms with E-state index in [1.165, 1.54) is 14.1 Å². The standard InChI is InChI=1S/C10H12ClN3O2/c1-12-9(15)14(2)10(16)13-8-5-3-7(11)4-6-8/h3-6H,1-2H3,(H,12,15)(H,13,16). The van der Waals surface area contributed by atoms with Gasteiger partial charge in [-0.05, 0) is 24.3 Å². The van der Waals surface area contributed by atoms with E-state index in [9.17, 15) is 9.59 Å². The van der Waals surface area contributed by atoms with Crippen LogP contribution in [0.25, 0.3) is 0 Å². The number of nitrogens with zero attached hydrogens (tertiary/aromatic N) is 1. The van der Waals surface area contributed by atoms with Gasteiger partial charge in [-0.1, -0.05) is 11.6 Å². The predicted octanol–water partition coefficient (Wildman–Crippen LogP) is 2.14. The van der Waals surface area contributed by atoms with Crippen LogP contribution in [0.1, 0.15) is 0 Å². The van der Waals surface area contributed by atoms with Crippen molar-refractivity contribution in [2.45, 2.75) is 0 Å². The number of hydrogen-bond acceptors (Lipinski definition) is 2. The largest absolute Gasteiger partial charge is 0.341 e. The zero-order valence-corrected chi connectivity index (χ0v) is 9.71. The minimum absolute atomic E-state index is 0.480. The highest BCUT2D eigenvalue weighted by Crippen LogP contribution is 2.13. The number of halogens is 1. The molecule has 16 heavy (non-hydrogen) atoms. The minimum Gasteiger partial charge on any atom is -0.341 e. The number of carbonyl (C=O) groups is 2. The van der Waals surface area contributed by atoms with E-state index in [0.29, 0.717) is 10.7 Å². The van der Waals surface area contributed by atoms with Crippen LogP contribution in [0.5, 0.6) is 0 Å². The van der Waals surface area contributed by atoms with Crippen LogP contribution < -0.4 is 10.6 Å². The lowest BCUT2D eigenvalue weighted by Crippen LogP contribution is -2.41. The molecule has 0 aliphatic rings. The van der Waals surface area contributed by atoms with E-state index < -0.39 is 12.1 Å². The second kappa shape index (κ2) is 5.37. The van der Waals surface area contributed by atoms with Crippen LogP contribution in [0.4, 0.5) is 15.3 Å². The molecule has 0 saturated carbocycles. The van der Waals surface area contributed by atoms with Gasteiger partial charge in [0.2, 0.25) is 0 Å². The van der Waals surface area contributed by atoms with Gasteiger partial charge in [-0.2, -0.15) is 0 Å². The van der Waals surface area contributed by atoms with Crippen molar-refractivity contribution in [1.82, 2.24) is 10.2 Å². The highest BCUT2D eigenvalue weighted by atomic mass is 35.5. The van der Waals surface area contributed by atoms with Gasteiger partial charge in [0.05, 0.1) is 0 Å². The van der Waals surface area contributed by atoms with Crippen LogP contribution >= 0.6 is 11.6 Å². The van der Waals surface area contributed by atoms with Gasteiger partial charge in [0, 0.05) is 24.8 Å². The van der Waals surface area contributed by atoms with Gasteiger partial charge < -0.3 is 10.6 Å². The second-order valence-electron chi connectivity index (χ2n) is 3.05. The zero-order chi connectivity index (χ0) is 12.1. The summed E-state index contributed by atoms with van der Waals surface area (Å²) in [4.78, 5) is 23.6. The Kier molecular flexibility index (Phi) is 4.13. The monoisotopic (exact) mass is 241 g/mol. The maximum atomic E-state index is 11.5. The fourth-order valence-corrected chi connectivity index (χ4v) is 1.13. The molecule has 2 N–H and O–H groups in total. The van der Waals surface area contributed by atoms with Crippen LogP contribution in [-0.2, 0) is 0 Å². The molecular formula is C10H12ClN3O2. The van der Waals surface area contributed by atoms with Crippen LogP contribution in [-0.4, -0.2) is 31.1 Å². The Morgan fingerprint density at radius 1 is 1.19 bits per heavy atom. The summed E-state index contributed by atoms with van der Waals surface area (Å²) in [5, 5.41) is 5.48. The van der Waals surface area contributed by atoms with Crippen molar-refractivity contribution in [2.24, 2.45) is 0 Å². The number of imide groups is 1. The molecule has 4 amide bonds. The predicted molar refractivity (Wildman–Crippen MR) is 62.7 cm³/mol. The summed E-state index contributed by atoms with van der Waals surface area (Å²) >= 11 is 5.70. The van der Waals surface area contributed by atoms with Crippen LogP contribution in [0.15, 0.2) is 24.3 Å². The topological polar surface area (TPSA) is 61.4 Å². The minimum atomic E-state index is -0.512. The molecule has 0 aromatic heterocycles. The Balaban J connectivity index is 2.64. The molecule has 1 aromatic carbocycles. The Bertz CT molecular complexity index is 392. The number of rotatable bonds is 1. The summed E-state index contributed by atoms with van der Waals surface area (Å²) < 4.78 is 0. The van der Waals surface area contributed by atoms with E-state index in [0.717, 1.165) is 4.90 Å². The Hall–Kier alpha value is -1.75. The molecule has 1 aromatic rings. The zero-order valence-electron chi connectivity index (χ0n) is 8.95. The highest BCUT2D eigenvalue weighted by Gasteiger charge is 2.14. The maximum absolute atomic E-state index is 11.5. The molecule has 1 rings (SSSR count). The molecule has 0 fully saturated rings. The van der Waals surface area contributed by atoms with E-state index in [1.54, 1.807) is 24.3 Å². The Morgan fingerprint density at radius 2 is 1.75 bits per heavy atom. The molecule has 0 saturated heterocycles. The van der Waals surface area contributed by atoms with Gasteiger partial charge in [0.15, 0.2) is 0 Å². The van der Waals surface area contributed by atoms with E-state index in [1.807, 2.05) is 0 Å². The first-order valence-corrected chi connectivity index (χ1v) is 4.94. The van der Waals surface area contributed by atoms with E-state index in [2.05, 4.69) is 10.6 Å². The number of amides is 4. The number of carbonyl (C=O) groups excluding carboxylic acids is 2. The molecule has 0 radical (unpaired) electrons. The van der Waals surface area contributed by atoms with E-state index in [4.69, 9.17) is 11.6 Å². The number of benzene rings is 1. The average Bonchev–Trinajstić information content (AvgIpc) is 2.30. The van der Waals surface area contributed by atoms with Gasteiger partial charge in [-0.15, -0.1) is 0 Å². The summed E-state index contributed by atoms with van der Waals surface area (Å²) in [5.74, 6) is 0. The lowest BCUT2D eigenvalue weighted by Gasteiger charge is -2.15. The maximum Gasteiger partial charge on any atom is 0.329 e. The summed E-state index contributed by atoms with van der Waals surface area (Å²) in [5.41, 5.74) is 0.574. The molecule has 0 atom stereocenters. The summed E-state index contributed by atoms with van der Waals surface area (Å²) in [7, 11) is 2.83. The summed E-state index contributed by atoms with van der Waals surface area (Å²) in [6.07, 6.45) is 0. The molecule has 0 spiro atoms. The van der Waals surface area contributed by atoms with E-state index in [-0.39, 0.29) is 0 Å². The number of anilines is 1. The molecule has 6 heteroatoms. The molecule has 86 valence electrons. The fourth-order valence-electron chi connectivity index (χ4n) is 1.00. The summed E-state index contributed by atoms with van der Waals surface area (Å²) in [6, 6.07) is 5.61. The second-order valence-corrected chi connectivity index (χ2v) is 3.49. The third-order valence-corrected chi connectivity index (χ3v) is 2.17. The lowest BCUT2D eigenvalue weighted by atomic mass is 10.3. The van der Waals surface area contributed by atoms with Crippen LogP contribution in [0.3, 0.4) is 0 Å². The third-order valence-electron chi connectivity index (χ3n) is 1.92. The highest BCUT2D eigenvalue weighted by molar-refractivity contribution is 6.30. The van der Waals surface area contributed by atoms with Gasteiger partial charge >= 0.3 is 12.1 Å². The van der Waals surface area contributed by atoms with Crippen molar-refractivity contribution >= 4 is 29.4 Å². The van der Waals surface area contributed by atoms with Gasteiger partial charge in [0.1, 0.15) is 0 Å². The van der Waals surface area contributed by atoms with Crippen molar-refractivity contribution in [3.63, 3.8) is 0 Å². The third kappa shape index (κ3) is 3.13. The number of hydrogen-bond donors (Lipinski definition) is 2. The van der Waals surface area contributed by atoms with Crippen molar-refractivity contribution in [3.8, 4) is 0 Å². The van der Waals surface area contributed by atoms with Crippen molar-refractivity contribution < 1.29 is 9.59 Å². The van der Waals surface area contributed by atoms with Gasteiger partial charge in [-0.25, -0.2) is 14.5 Å². The smallest absolute Gasteiger partial charge is 0.329 e. The van der Waals surface area contributed by atoms with Crippen molar-refractivity contribution in [1.29, 1.82) is 0 Å². The molecule has 0 unspecified atom stereocenters. The van der Waals surface area contributed by atoms with Crippen LogP contribution in [0.2, 0.25) is 5.02 Å². The average molecular weight is 242 g/mol. The number of nitrogens with one attached hydrogen (secondary N) is 2. The summed E-state index contributed by atoms with van der Waals surface area (Å²) in [6.45, 7) is 0. The van der Waals surface area contributed by atoms with Crippen LogP contribution in [0, 0.1) is 0 Å². The first-order chi connectivity index (χ1) is 7.54. The van der Waals surface area contributed by atoms with Crippen molar-refractivity contribution in [2.75, 3.05) is 19.4 Å². The molecular weight excluding hydrogens is 230 g/mol. The quantitative estimate of drug-likeness (QED) is 0.791. The first-order valence-electron chi connectivity index (χ1n) is 4.56. The normalized spacial score (nSPS) is 9.44. The van der Waals surface area contributed by atoms with Crippen molar-refractivity contribution in [3.05, 3.63) is 29.3 Å². The molecule has 0 bridgehead atoms. The Labute approximate surface area is 98.4 Å². The van der Waals surface area contributed by atoms with Gasteiger partial charge in [-0.3, -0.25) is 0 Å². The molecule has 0 aliphatic carbocycles. The van der Waals surface area contributed by atoms with Gasteiger partial charge in [0.25, 0.3) is 0 Å². The fraction of sp³-hybridized carbons (Fsp3) is 0.200. The Morgan fingerprint density at radius 3 is 2.25 bits per heavy atom.